The van der Waals surface area contributed by atoms with Crippen LogP contribution in [0.1, 0.15) is 21.9 Å². The Bertz CT molecular complexity index is 725. The molecule has 5 nitrogen and oxygen atoms in total. The van der Waals surface area contributed by atoms with Crippen molar-refractivity contribution in [3.05, 3.63) is 51.8 Å². The van der Waals surface area contributed by atoms with Gasteiger partial charge in [-0.15, -0.1) is 0 Å². The number of pyridine rings is 1. The third kappa shape index (κ3) is 4.52. The summed E-state index contributed by atoms with van der Waals surface area (Å²) in [5.41, 5.74) is -1.65. The molecular formula is C13H9Cl2F3N4O. The van der Waals surface area contributed by atoms with E-state index in [0.717, 1.165) is 12.4 Å². The number of aromatic nitrogens is 3. The Morgan fingerprint density at radius 3 is 2.52 bits per heavy atom. The molecule has 0 aliphatic rings. The van der Waals surface area contributed by atoms with E-state index in [1.54, 1.807) is 0 Å². The second kappa shape index (κ2) is 7.10. The second-order valence-corrected chi connectivity index (χ2v) is 5.18. The highest BCUT2D eigenvalue weighted by Gasteiger charge is 2.37. The summed E-state index contributed by atoms with van der Waals surface area (Å²) < 4.78 is 38.3. The molecule has 0 fully saturated rings. The number of amides is 1. The zero-order valence-electron chi connectivity index (χ0n) is 11.4. The van der Waals surface area contributed by atoms with E-state index in [-0.39, 0.29) is 13.0 Å². The number of rotatable bonds is 4. The largest absolute Gasteiger partial charge is 0.435 e. The van der Waals surface area contributed by atoms with Gasteiger partial charge in [0.2, 0.25) is 0 Å². The van der Waals surface area contributed by atoms with Gasteiger partial charge in [0.25, 0.3) is 5.91 Å². The number of halogens is 5. The first-order chi connectivity index (χ1) is 10.8. The first kappa shape index (κ1) is 17.4. The van der Waals surface area contributed by atoms with E-state index < -0.39 is 23.5 Å². The zero-order chi connectivity index (χ0) is 17.0. The molecule has 0 bridgehead atoms. The Morgan fingerprint density at radius 2 is 1.87 bits per heavy atom. The van der Waals surface area contributed by atoms with Gasteiger partial charge in [-0.05, 0) is 6.07 Å². The SMILES string of the molecule is O=C(NCCc1ncc(Cl)cc1Cl)c1nccnc1C(F)(F)F. The van der Waals surface area contributed by atoms with Gasteiger partial charge in [-0.3, -0.25) is 9.78 Å². The highest BCUT2D eigenvalue weighted by molar-refractivity contribution is 6.34. The predicted octanol–water partition coefficient (Wildman–Crippen LogP) is 3.17. The van der Waals surface area contributed by atoms with Crippen LogP contribution in [-0.2, 0) is 12.6 Å². The molecule has 10 heteroatoms. The molecule has 23 heavy (non-hydrogen) atoms. The fourth-order valence-corrected chi connectivity index (χ4v) is 2.19. The second-order valence-electron chi connectivity index (χ2n) is 4.34. The van der Waals surface area contributed by atoms with Crippen LogP contribution in [0.2, 0.25) is 10.0 Å². The maximum absolute atomic E-state index is 12.8. The molecule has 0 saturated carbocycles. The van der Waals surface area contributed by atoms with Crippen LogP contribution in [-0.4, -0.2) is 27.4 Å². The summed E-state index contributed by atoms with van der Waals surface area (Å²) in [6, 6.07) is 1.48. The van der Waals surface area contributed by atoms with Crippen molar-refractivity contribution in [2.24, 2.45) is 0 Å². The minimum atomic E-state index is -4.76. The molecule has 1 N–H and O–H groups in total. The Kier molecular flexibility index (Phi) is 5.38. The van der Waals surface area contributed by atoms with Gasteiger partial charge in [0.15, 0.2) is 11.4 Å². The van der Waals surface area contributed by atoms with Gasteiger partial charge in [0.05, 0.1) is 15.7 Å². The summed E-state index contributed by atoms with van der Waals surface area (Å²) in [7, 11) is 0. The lowest BCUT2D eigenvalue weighted by Crippen LogP contribution is -2.30. The molecule has 0 saturated heterocycles. The minimum Gasteiger partial charge on any atom is -0.350 e. The lowest BCUT2D eigenvalue weighted by Gasteiger charge is -2.10. The first-order valence-corrected chi connectivity index (χ1v) is 7.01. The van der Waals surface area contributed by atoms with Gasteiger partial charge >= 0.3 is 6.18 Å². The molecular weight excluding hydrogens is 356 g/mol. The number of alkyl halides is 3. The van der Waals surface area contributed by atoms with Crippen LogP contribution in [0.15, 0.2) is 24.7 Å². The average Bonchev–Trinajstić information content (AvgIpc) is 2.48. The van der Waals surface area contributed by atoms with Gasteiger partial charge in [0.1, 0.15) is 0 Å². The lowest BCUT2D eigenvalue weighted by atomic mass is 10.2. The Labute approximate surface area is 138 Å². The van der Waals surface area contributed by atoms with E-state index in [9.17, 15) is 18.0 Å². The van der Waals surface area contributed by atoms with E-state index >= 15 is 0 Å². The highest BCUT2D eigenvalue weighted by Crippen LogP contribution is 2.29. The van der Waals surface area contributed by atoms with Crippen molar-refractivity contribution < 1.29 is 18.0 Å². The Hall–Kier alpha value is -1.93. The standard InChI is InChI=1S/C13H9Cl2F3N4O/c14-7-5-8(15)9(22-6-7)1-2-21-12(23)10-11(13(16,17)18)20-4-3-19-10/h3-6H,1-2H2,(H,21,23). The van der Waals surface area contributed by atoms with E-state index in [4.69, 9.17) is 23.2 Å². The molecule has 2 aromatic rings. The topological polar surface area (TPSA) is 67.8 Å². The molecule has 1 amide bonds. The molecule has 122 valence electrons. The van der Waals surface area contributed by atoms with Gasteiger partial charge in [-0.2, -0.15) is 13.2 Å². The summed E-state index contributed by atoms with van der Waals surface area (Å²) in [6.45, 7) is 0.0288. The summed E-state index contributed by atoms with van der Waals surface area (Å²) in [5.74, 6) is -0.976. The summed E-state index contributed by atoms with van der Waals surface area (Å²) in [6.07, 6.45) is -1.26. The maximum atomic E-state index is 12.8. The molecule has 0 aromatic carbocycles. The number of carbonyl (C=O) groups excluding carboxylic acids is 1. The van der Waals surface area contributed by atoms with E-state index in [0.29, 0.717) is 15.7 Å². The molecule has 0 aliphatic heterocycles. The molecule has 2 heterocycles. The van der Waals surface area contributed by atoms with Gasteiger partial charge in [-0.1, -0.05) is 23.2 Å². The highest BCUT2D eigenvalue weighted by atomic mass is 35.5. The van der Waals surface area contributed by atoms with Crippen LogP contribution in [0.3, 0.4) is 0 Å². The first-order valence-electron chi connectivity index (χ1n) is 6.25. The van der Waals surface area contributed by atoms with Gasteiger partial charge < -0.3 is 5.32 Å². The molecule has 0 unspecified atom stereocenters. The normalized spacial score (nSPS) is 11.3. The molecule has 2 rings (SSSR count). The molecule has 2 aromatic heterocycles. The molecule has 0 aliphatic carbocycles. The number of nitrogens with one attached hydrogen (secondary N) is 1. The minimum absolute atomic E-state index is 0.0288. The third-order valence-corrected chi connectivity index (χ3v) is 3.25. The predicted molar refractivity (Wildman–Crippen MR) is 77.3 cm³/mol. The monoisotopic (exact) mass is 364 g/mol. The summed E-state index contributed by atoms with van der Waals surface area (Å²) >= 11 is 11.6. The van der Waals surface area contributed by atoms with Crippen molar-refractivity contribution in [2.75, 3.05) is 6.54 Å². The average molecular weight is 365 g/mol. The fraction of sp³-hybridized carbons (Fsp3) is 0.231. The van der Waals surface area contributed by atoms with Crippen molar-refractivity contribution in [3.8, 4) is 0 Å². The number of hydrogen-bond donors (Lipinski definition) is 1. The Balaban J connectivity index is 2.03. The molecule has 0 spiro atoms. The zero-order valence-corrected chi connectivity index (χ0v) is 12.9. The molecule has 0 atom stereocenters. The van der Waals surface area contributed by atoms with Crippen molar-refractivity contribution >= 4 is 29.1 Å². The van der Waals surface area contributed by atoms with E-state index in [1.807, 2.05) is 0 Å². The van der Waals surface area contributed by atoms with Crippen LogP contribution < -0.4 is 5.32 Å². The van der Waals surface area contributed by atoms with Crippen molar-refractivity contribution in [2.45, 2.75) is 12.6 Å². The quantitative estimate of drug-likeness (QED) is 0.904. The van der Waals surface area contributed by atoms with Gasteiger partial charge in [-0.25, -0.2) is 9.97 Å². The van der Waals surface area contributed by atoms with E-state index in [2.05, 4.69) is 20.3 Å². The van der Waals surface area contributed by atoms with Crippen LogP contribution >= 0.6 is 23.2 Å². The van der Waals surface area contributed by atoms with Gasteiger partial charge in [0, 0.05) is 31.6 Å². The van der Waals surface area contributed by atoms with Crippen LogP contribution in [0, 0.1) is 0 Å². The third-order valence-electron chi connectivity index (χ3n) is 2.71. The van der Waals surface area contributed by atoms with Crippen molar-refractivity contribution in [3.63, 3.8) is 0 Å². The molecule has 0 radical (unpaired) electrons. The maximum Gasteiger partial charge on any atom is 0.435 e. The van der Waals surface area contributed by atoms with Crippen LogP contribution in [0.25, 0.3) is 0 Å². The smallest absolute Gasteiger partial charge is 0.350 e. The Morgan fingerprint density at radius 1 is 1.17 bits per heavy atom. The number of carbonyl (C=O) groups is 1. The lowest BCUT2D eigenvalue weighted by molar-refractivity contribution is -0.141. The van der Waals surface area contributed by atoms with Crippen molar-refractivity contribution in [1.29, 1.82) is 0 Å². The van der Waals surface area contributed by atoms with E-state index in [1.165, 1.54) is 12.3 Å². The summed E-state index contributed by atoms with van der Waals surface area (Å²) in [4.78, 5) is 22.4. The number of nitrogens with zero attached hydrogens (tertiary/aromatic N) is 3. The fourth-order valence-electron chi connectivity index (χ4n) is 1.72. The summed E-state index contributed by atoms with van der Waals surface area (Å²) in [5, 5.41) is 2.99. The van der Waals surface area contributed by atoms with Crippen LogP contribution in [0.4, 0.5) is 13.2 Å². The number of hydrogen-bond acceptors (Lipinski definition) is 4. The van der Waals surface area contributed by atoms with Crippen LogP contribution in [0.5, 0.6) is 0 Å². The van der Waals surface area contributed by atoms with Crippen molar-refractivity contribution in [1.82, 2.24) is 20.3 Å².